The molecule has 5 nitrogen and oxygen atoms in total. The highest BCUT2D eigenvalue weighted by atomic mass is 79.9. The van der Waals surface area contributed by atoms with Crippen LogP contribution in [-0.4, -0.2) is 32.1 Å². The van der Waals surface area contributed by atoms with Crippen molar-refractivity contribution in [1.82, 2.24) is 10.6 Å². The summed E-state index contributed by atoms with van der Waals surface area (Å²) in [7, 11) is 1.35. The quantitative estimate of drug-likeness (QED) is 0.734. The van der Waals surface area contributed by atoms with Crippen LogP contribution in [-0.2, 0) is 16.1 Å². The van der Waals surface area contributed by atoms with Crippen molar-refractivity contribution in [2.75, 3.05) is 20.2 Å². The summed E-state index contributed by atoms with van der Waals surface area (Å²) in [5.41, 5.74) is 1.46. The van der Waals surface area contributed by atoms with Gasteiger partial charge in [-0.15, -0.1) is 0 Å². The standard InChI is InChI=1S/C15H21BrN2O3/c1-10(2)7-18-14(19)9-17-8-12-5-4-11(6-13(12)16)15(20)21-3/h4-6,10,17H,7-9H2,1-3H3,(H,18,19). The Bertz CT molecular complexity index is 504. The Hall–Kier alpha value is -1.40. The monoisotopic (exact) mass is 356 g/mol. The third-order valence-electron chi connectivity index (χ3n) is 2.78. The van der Waals surface area contributed by atoms with E-state index in [1.807, 2.05) is 19.9 Å². The Balaban J connectivity index is 2.45. The zero-order valence-electron chi connectivity index (χ0n) is 12.5. The van der Waals surface area contributed by atoms with Crippen LogP contribution < -0.4 is 10.6 Å². The van der Waals surface area contributed by atoms with E-state index in [4.69, 9.17) is 0 Å². The summed E-state index contributed by atoms with van der Waals surface area (Å²) in [5, 5.41) is 5.91. The predicted octanol–water partition coefficient (Wildman–Crippen LogP) is 2.10. The Morgan fingerprint density at radius 3 is 2.62 bits per heavy atom. The number of ether oxygens (including phenoxy) is 1. The van der Waals surface area contributed by atoms with Gasteiger partial charge in [0.25, 0.3) is 0 Å². The average molecular weight is 357 g/mol. The first-order chi connectivity index (χ1) is 9.93. The number of rotatable bonds is 7. The number of carbonyl (C=O) groups is 2. The lowest BCUT2D eigenvalue weighted by Gasteiger charge is -2.10. The lowest BCUT2D eigenvalue weighted by Crippen LogP contribution is -2.35. The first-order valence-corrected chi connectivity index (χ1v) is 7.57. The van der Waals surface area contributed by atoms with E-state index in [-0.39, 0.29) is 18.4 Å². The van der Waals surface area contributed by atoms with Gasteiger partial charge in [-0.25, -0.2) is 4.79 Å². The third-order valence-corrected chi connectivity index (χ3v) is 3.52. The van der Waals surface area contributed by atoms with Crippen molar-refractivity contribution in [3.63, 3.8) is 0 Å². The van der Waals surface area contributed by atoms with Crippen LogP contribution in [0.1, 0.15) is 29.8 Å². The minimum absolute atomic E-state index is 0.0222. The number of methoxy groups -OCH3 is 1. The van der Waals surface area contributed by atoms with E-state index < -0.39 is 0 Å². The van der Waals surface area contributed by atoms with Crippen LogP contribution in [0.3, 0.4) is 0 Å². The molecule has 2 N–H and O–H groups in total. The third kappa shape index (κ3) is 6.27. The largest absolute Gasteiger partial charge is 0.465 e. The molecule has 0 aliphatic rings. The van der Waals surface area contributed by atoms with Gasteiger partial charge in [0.2, 0.25) is 5.91 Å². The molecule has 1 aromatic rings. The van der Waals surface area contributed by atoms with Crippen molar-refractivity contribution in [1.29, 1.82) is 0 Å². The van der Waals surface area contributed by atoms with Gasteiger partial charge in [0.15, 0.2) is 0 Å². The lowest BCUT2D eigenvalue weighted by atomic mass is 10.1. The Labute approximate surface area is 133 Å². The van der Waals surface area contributed by atoms with Gasteiger partial charge in [0.05, 0.1) is 19.2 Å². The van der Waals surface area contributed by atoms with Gasteiger partial charge in [-0.3, -0.25) is 4.79 Å². The van der Waals surface area contributed by atoms with Gasteiger partial charge >= 0.3 is 5.97 Å². The molecule has 0 spiro atoms. The molecule has 0 radical (unpaired) electrons. The average Bonchev–Trinajstić information content (AvgIpc) is 2.45. The molecule has 1 amide bonds. The number of nitrogens with one attached hydrogen (secondary N) is 2. The van der Waals surface area contributed by atoms with Crippen molar-refractivity contribution in [2.45, 2.75) is 20.4 Å². The van der Waals surface area contributed by atoms with Gasteiger partial charge in [-0.1, -0.05) is 35.8 Å². The van der Waals surface area contributed by atoms with Crippen molar-refractivity contribution < 1.29 is 14.3 Å². The minimum Gasteiger partial charge on any atom is -0.465 e. The van der Waals surface area contributed by atoms with E-state index >= 15 is 0 Å². The van der Waals surface area contributed by atoms with E-state index in [2.05, 4.69) is 31.3 Å². The molecule has 0 atom stereocenters. The van der Waals surface area contributed by atoms with Crippen LogP contribution in [0, 0.1) is 5.92 Å². The van der Waals surface area contributed by atoms with Crippen LogP contribution >= 0.6 is 15.9 Å². The van der Waals surface area contributed by atoms with E-state index in [1.165, 1.54) is 7.11 Å². The SMILES string of the molecule is COC(=O)c1ccc(CNCC(=O)NCC(C)C)c(Br)c1. The number of benzene rings is 1. The number of hydrogen-bond donors (Lipinski definition) is 2. The molecule has 0 heterocycles. The van der Waals surface area contributed by atoms with Crippen LogP contribution in [0.5, 0.6) is 0 Å². The Morgan fingerprint density at radius 1 is 1.33 bits per heavy atom. The van der Waals surface area contributed by atoms with Crippen LogP contribution in [0.4, 0.5) is 0 Å². The number of amides is 1. The molecule has 0 saturated carbocycles. The fourth-order valence-corrected chi connectivity index (χ4v) is 2.15. The second-order valence-corrected chi connectivity index (χ2v) is 5.95. The minimum atomic E-state index is -0.372. The fourth-order valence-electron chi connectivity index (χ4n) is 1.63. The van der Waals surface area contributed by atoms with E-state index in [9.17, 15) is 9.59 Å². The van der Waals surface area contributed by atoms with Gasteiger partial charge in [0.1, 0.15) is 0 Å². The van der Waals surface area contributed by atoms with Crippen LogP contribution in [0.2, 0.25) is 0 Å². The summed E-state index contributed by atoms with van der Waals surface area (Å²) < 4.78 is 5.47. The predicted molar refractivity (Wildman–Crippen MR) is 85.0 cm³/mol. The highest BCUT2D eigenvalue weighted by Gasteiger charge is 2.09. The van der Waals surface area contributed by atoms with Gasteiger partial charge in [-0.05, 0) is 23.6 Å². The normalized spacial score (nSPS) is 10.5. The number of esters is 1. The molecule has 0 aliphatic carbocycles. The van der Waals surface area contributed by atoms with Crippen LogP contribution in [0.25, 0.3) is 0 Å². The summed E-state index contributed by atoms with van der Waals surface area (Å²) >= 11 is 3.41. The molecule has 0 saturated heterocycles. The number of halogens is 1. The number of hydrogen-bond acceptors (Lipinski definition) is 4. The zero-order chi connectivity index (χ0) is 15.8. The Kier molecular flexibility index (Phi) is 7.39. The first kappa shape index (κ1) is 17.7. The molecule has 1 rings (SSSR count). The maximum absolute atomic E-state index is 11.6. The Morgan fingerprint density at radius 2 is 2.05 bits per heavy atom. The van der Waals surface area contributed by atoms with Crippen molar-refractivity contribution in [3.8, 4) is 0 Å². The topological polar surface area (TPSA) is 67.4 Å². The molecule has 0 bridgehead atoms. The van der Waals surface area contributed by atoms with E-state index in [0.717, 1.165) is 10.0 Å². The second-order valence-electron chi connectivity index (χ2n) is 5.10. The highest BCUT2D eigenvalue weighted by molar-refractivity contribution is 9.10. The van der Waals surface area contributed by atoms with E-state index in [0.29, 0.717) is 24.6 Å². The fraction of sp³-hybridized carbons (Fsp3) is 0.467. The molecule has 0 fully saturated rings. The summed E-state index contributed by atoms with van der Waals surface area (Å²) in [6.45, 7) is 5.58. The zero-order valence-corrected chi connectivity index (χ0v) is 14.1. The maximum Gasteiger partial charge on any atom is 0.337 e. The summed E-state index contributed by atoms with van der Waals surface area (Å²) in [6.07, 6.45) is 0. The molecular formula is C15H21BrN2O3. The molecular weight excluding hydrogens is 336 g/mol. The molecule has 0 aliphatic heterocycles. The summed E-state index contributed by atoms with van der Waals surface area (Å²) in [5.74, 6) is 0.0447. The first-order valence-electron chi connectivity index (χ1n) is 6.78. The molecule has 0 unspecified atom stereocenters. The highest BCUT2D eigenvalue weighted by Crippen LogP contribution is 2.19. The smallest absolute Gasteiger partial charge is 0.337 e. The molecule has 116 valence electrons. The maximum atomic E-state index is 11.6. The second kappa shape index (κ2) is 8.79. The number of carbonyl (C=O) groups excluding carboxylic acids is 2. The van der Waals surface area contributed by atoms with E-state index in [1.54, 1.807) is 12.1 Å². The molecule has 6 heteroatoms. The lowest BCUT2D eigenvalue weighted by molar-refractivity contribution is -0.120. The van der Waals surface area contributed by atoms with Crippen molar-refractivity contribution in [2.24, 2.45) is 5.92 Å². The molecule has 1 aromatic carbocycles. The van der Waals surface area contributed by atoms with Gasteiger partial charge in [0, 0.05) is 17.6 Å². The van der Waals surface area contributed by atoms with Gasteiger partial charge < -0.3 is 15.4 Å². The molecule has 0 aromatic heterocycles. The van der Waals surface area contributed by atoms with Crippen LogP contribution in [0.15, 0.2) is 22.7 Å². The van der Waals surface area contributed by atoms with Gasteiger partial charge in [-0.2, -0.15) is 0 Å². The summed E-state index contributed by atoms with van der Waals surface area (Å²) in [4.78, 5) is 23.0. The summed E-state index contributed by atoms with van der Waals surface area (Å²) in [6, 6.07) is 5.24. The van der Waals surface area contributed by atoms with Crippen molar-refractivity contribution >= 4 is 27.8 Å². The molecule has 21 heavy (non-hydrogen) atoms. The van der Waals surface area contributed by atoms with Crippen molar-refractivity contribution in [3.05, 3.63) is 33.8 Å².